The fourth-order valence-electron chi connectivity index (χ4n) is 4.14. The molecule has 0 spiro atoms. The highest BCUT2D eigenvalue weighted by Gasteiger charge is 2.37. The molecule has 0 amide bonds. The molecule has 6 nitrogen and oxygen atoms in total. The number of rotatable bonds is 6. The fraction of sp³-hybridized carbons (Fsp3) is 0.700. The number of imidazole rings is 3. The molecule has 0 radical (unpaired) electrons. The molecule has 3 heterocycles. The average Bonchev–Trinajstić information content (AvgIpc) is 3.44. The van der Waals surface area contributed by atoms with Gasteiger partial charge in [0.25, 0.3) is 0 Å². The zero-order chi connectivity index (χ0) is 28.2. The highest BCUT2D eigenvalue weighted by Crippen LogP contribution is 2.38. The Labute approximate surface area is 227 Å². The first-order valence-electron chi connectivity index (χ1n) is 13.8. The molecular formula is C30H51N6P. The average molecular weight is 527 g/mol. The molecule has 0 aliphatic heterocycles. The van der Waals surface area contributed by atoms with Gasteiger partial charge in [-0.2, -0.15) is 0 Å². The van der Waals surface area contributed by atoms with Crippen LogP contribution in [-0.4, -0.2) is 28.7 Å². The largest absolute Gasteiger partial charge is 0.328 e. The van der Waals surface area contributed by atoms with Gasteiger partial charge in [0.15, 0.2) is 0 Å². The molecule has 7 heteroatoms. The topological polar surface area (TPSA) is 53.5 Å². The van der Waals surface area contributed by atoms with Crippen molar-refractivity contribution in [3.63, 3.8) is 0 Å². The van der Waals surface area contributed by atoms with Crippen LogP contribution in [0.25, 0.3) is 0 Å². The van der Waals surface area contributed by atoms with Gasteiger partial charge in [0.2, 0.25) is 0 Å². The maximum atomic E-state index is 5.38. The summed E-state index contributed by atoms with van der Waals surface area (Å²) in [6, 6.07) is 0.827. The molecule has 0 atom stereocenters. The van der Waals surface area contributed by atoms with Gasteiger partial charge in [-0.1, -0.05) is 62.3 Å². The quantitative estimate of drug-likeness (QED) is 0.337. The van der Waals surface area contributed by atoms with Crippen LogP contribution in [0.4, 0.5) is 0 Å². The van der Waals surface area contributed by atoms with Crippen LogP contribution in [-0.2, 0) is 16.2 Å². The molecule has 0 unspecified atom stereocenters. The first-order chi connectivity index (χ1) is 16.7. The zero-order valence-corrected chi connectivity index (χ0v) is 27.0. The van der Waals surface area contributed by atoms with Crippen molar-refractivity contribution in [2.45, 2.75) is 138 Å². The van der Waals surface area contributed by atoms with Crippen LogP contribution in [0.2, 0.25) is 0 Å². The van der Waals surface area contributed by atoms with Gasteiger partial charge in [0, 0.05) is 53.0 Å². The van der Waals surface area contributed by atoms with E-state index >= 15 is 0 Å². The van der Waals surface area contributed by atoms with Crippen molar-refractivity contribution < 1.29 is 0 Å². The molecule has 0 fully saturated rings. The van der Waals surface area contributed by atoms with Gasteiger partial charge in [0.05, 0.1) is 17.1 Å². The summed E-state index contributed by atoms with van der Waals surface area (Å²) >= 11 is 0. The number of nitrogens with zero attached hydrogens (tertiary/aromatic N) is 6. The molecule has 206 valence electrons. The fourth-order valence-corrected chi connectivity index (χ4v) is 6.86. The van der Waals surface area contributed by atoms with Crippen molar-refractivity contribution in [2.24, 2.45) is 0 Å². The van der Waals surface area contributed by atoms with E-state index in [1.54, 1.807) is 0 Å². The van der Waals surface area contributed by atoms with Gasteiger partial charge < -0.3 is 13.7 Å². The minimum absolute atomic E-state index is 0.0516. The van der Waals surface area contributed by atoms with Crippen LogP contribution in [0.5, 0.6) is 0 Å². The van der Waals surface area contributed by atoms with Gasteiger partial charge >= 0.3 is 0 Å². The summed E-state index contributed by atoms with van der Waals surface area (Å²) in [7, 11) is -1.13. The van der Waals surface area contributed by atoms with Crippen LogP contribution in [0.3, 0.4) is 0 Å². The van der Waals surface area contributed by atoms with Crippen molar-refractivity contribution in [1.82, 2.24) is 28.7 Å². The normalized spacial score (nSPS) is 13.7. The van der Waals surface area contributed by atoms with Gasteiger partial charge in [-0.3, -0.25) is 0 Å². The van der Waals surface area contributed by atoms with Crippen molar-refractivity contribution in [3.8, 4) is 0 Å². The molecule has 3 aromatic rings. The Morgan fingerprint density at radius 3 is 0.865 bits per heavy atom. The van der Waals surface area contributed by atoms with E-state index in [9.17, 15) is 0 Å². The number of aromatic nitrogens is 6. The highest BCUT2D eigenvalue weighted by molar-refractivity contribution is 7.78. The second kappa shape index (κ2) is 9.98. The Bertz CT molecular complexity index is 1070. The minimum Gasteiger partial charge on any atom is -0.328 e. The maximum Gasteiger partial charge on any atom is 0.147 e. The Morgan fingerprint density at radius 2 is 0.703 bits per heavy atom. The summed E-state index contributed by atoms with van der Waals surface area (Å²) in [6.45, 7) is 33.7. The Morgan fingerprint density at radius 1 is 0.486 bits per heavy atom. The molecule has 0 N–H and O–H groups in total. The third-order valence-corrected chi connectivity index (χ3v) is 8.91. The summed E-state index contributed by atoms with van der Waals surface area (Å²) < 4.78 is 7.12. The van der Waals surface area contributed by atoms with Crippen LogP contribution < -0.4 is 16.7 Å². The standard InChI is InChI=1S/C30H51N6P/c1-19(2)34-16-22(28(7,8)9)31-25(34)37(26-32-23(29(10,11)12)17-35(26)20(3)4)27-33-24(30(13,14)15)18-36(27)21(5)6/h16-21H,1-15H3. The maximum absolute atomic E-state index is 5.38. The van der Waals surface area contributed by atoms with E-state index in [2.05, 4.69) is 136 Å². The monoisotopic (exact) mass is 526 g/mol. The first kappa shape index (κ1) is 29.6. The predicted molar refractivity (Wildman–Crippen MR) is 160 cm³/mol. The van der Waals surface area contributed by atoms with Crippen molar-refractivity contribution in [3.05, 3.63) is 35.7 Å². The highest BCUT2D eigenvalue weighted by atomic mass is 31.1. The minimum atomic E-state index is -1.13. The van der Waals surface area contributed by atoms with Crippen LogP contribution >= 0.6 is 7.92 Å². The molecule has 3 aromatic heterocycles. The summed E-state index contributed by atoms with van der Waals surface area (Å²) in [6.07, 6.45) is 6.78. The number of hydrogen-bond acceptors (Lipinski definition) is 3. The summed E-state index contributed by atoms with van der Waals surface area (Å²) in [5.41, 5.74) is 6.42. The molecule has 0 saturated heterocycles. The van der Waals surface area contributed by atoms with Crippen LogP contribution in [0.1, 0.15) is 139 Å². The number of hydrogen-bond donors (Lipinski definition) is 0. The van der Waals surface area contributed by atoms with E-state index in [4.69, 9.17) is 15.0 Å². The Kier molecular flexibility index (Phi) is 7.99. The Hall–Kier alpha value is -1.94. The summed E-state index contributed by atoms with van der Waals surface area (Å²) in [5, 5.41) is 0. The lowest BCUT2D eigenvalue weighted by molar-refractivity contribution is 0.564. The second-order valence-electron chi connectivity index (χ2n) is 14.4. The summed E-state index contributed by atoms with van der Waals surface area (Å²) in [5.74, 6) is 0. The summed E-state index contributed by atoms with van der Waals surface area (Å²) in [4.78, 5) is 16.2. The Balaban J connectivity index is 2.48. The molecular weight excluding hydrogens is 475 g/mol. The van der Waals surface area contributed by atoms with E-state index in [0.29, 0.717) is 0 Å². The van der Waals surface area contributed by atoms with Crippen molar-refractivity contribution >= 4 is 24.6 Å². The lowest BCUT2D eigenvalue weighted by Crippen LogP contribution is -2.37. The van der Waals surface area contributed by atoms with E-state index < -0.39 is 7.92 Å². The lowest BCUT2D eigenvalue weighted by Gasteiger charge is -2.24. The van der Waals surface area contributed by atoms with Crippen molar-refractivity contribution in [2.75, 3.05) is 0 Å². The molecule has 0 bridgehead atoms. The van der Waals surface area contributed by atoms with Crippen LogP contribution in [0.15, 0.2) is 18.6 Å². The predicted octanol–water partition coefficient (Wildman–Crippen LogP) is 6.67. The van der Waals surface area contributed by atoms with E-state index in [1.807, 2.05) is 0 Å². The zero-order valence-electron chi connectivity index (χ0n) is 26.1. The van der Waals surface area contributed by atoms with E-state index in [1.165, 1.54) is 0 Å². The molecule has 0 aliphatic rings. The van der Waals surface area contributed by atoms with Gasteiger partial charge in [-0.05, 0) is 41.5 Å². The van der Waals surface area contributed by atoms with Gasteiger partial charge in [-0.15, -0.1) is 0 Å². The van der Waals surface area contributed by atoms with Crippen LogP contribution in [0, 0.1) is 0 Å². The van der Waals surface area contributed by atoms with Crippen molar-refractivity contribution in [1.29, 1.82) is 0 Å². The first-order valence-corrected chi connectivity index (χ1v) is 15.2. The molecule has 37 heavy (non-hydrogen) atoms. The molecule has 3 rings (SSSR count). The van der Waals surface area contributed by atoms with E-state index in [0.717, 1.165) is 33.8 Å². The van der Waals surface area contributed by atoms with E-state index in [-0.39, 0.29) is 34.4 Å². The molecule has 0 aromatic carbocycles. The SMILES string of the molecule is CC(C)n1cc(C(C)(C)C)nc1P(c1nc(C(C)(C)C)cn1C(C)C)c1nc(C(C)(C)C)cn1C(C)C. The second-order valence-corrected chi connectivity index (χ2v) is 16.2. The molecule has 0 aliphatic carbocycles. The van der Waals surface area contributed by atoms with Gasteiger partial charge in [0.1, 0.15) is 24.6 Å². The third-order valence-electron chi connectivity index (χ3n) is 6.71. The third kappa shape index (κ3) is 6.05. The molecule has 0 saturated carbocycles. The van der Waals surface area contributed by atoms with Gasteiger partial charge in [-0.25, -0.2) is 15.0 Å². The smallest absolute Gasteiger partial charge is 0.147 e. The lowest BCUT2D eigenvalue weighted by atomic mass is 9.93.